The van der Waals surface area contributed by atoms with E-state index in [2.05, 4.69) is 24.9 Å². The topological polar surface area (TPSA) is 88.4 Å². The number of thiazole rings is 1. The van der Waals surface area contributed by atoms with Crippen LogP contribution in [0.2, 0.25) is 0 Å². The zero-order valence-corrected chi connectivity index (χ0v) is 19.7. The monoisotopic (exact) mass is 458 g/mol. The van der Waals surface area contributed by atoms with Crippen molar-refractivity contribution in [3.63, 3.8) is 0 Å². The third kappa shape index (κ3) is 4.62. The molecule has 170 valence electrons. The van der Waals surface area contributed by atoms with Gasteiger partial charge in [0.15, 0.2) is 16.3 Å². The van der Waals surface area contributed by atoms with Crippen LogP contribution in [0, 0.1) is 0 Å². The maximum absolute atomic E-state index is 13.1. The Bertz CT molecular complexity index is 1200. The van der Waals surface area contributed by atoms with Crippen molar-refractivity contribution in [2.24, 2.45) is 4.99 Å². The van der Waals surface area contributed by atoms with E-state index in [0.717, 1.165) is 15.8 Å². The van der Waals surface area contributed by atoms with Crippen molar-refractivity contribution in [3.05, 3.63) is 46.3 Å². The number of carbonyl (C=O) groups excluding carboxylic acids is 2. The molecule has 0 aliphatic carbocycles. The highest BCUT2D eigenvalue weighted by atomic mass is 32.1. The SMILES string of the molecule is COC(=O)Cn1c(=NC(=O)c2cc(OC)c(OC)c(OC)c2)sc2cc(C(C)C)ccc21. The molecule has 1 amide bonds. The number of amides is 1. The summed E-state index contributed by atoms with van der Waals surface area (Å²) in [6, 6.07) is 9.09. The van der Waals surface area contributed by atoms with Crippen molar-refractivity contribution >= 4 is 33.4 Å². The Hall–Kier alpha value is -3.33. The molecule has 0 fully saturated rings. The fourth-order valence-electron chi connectivity index (χ4n) is 3.24. The van der Waals surface area contributed by atoms with Crippen molar-refractivity contribution in [3.8, 4) is 17.2 Å². The van der Waals surface area contributed by atoms with Gasteiger partial charge in [0.2, 0.25) is 5.75 Å². The van der Waals surface area contributed by atoms with Crippen LogP contribution in [0.15, 0.2) is 35.3 Å². The van der Waals surface area contributed by atoms with Crippen LogP contribution in [0.3, 0.4) is 0 Å². The minimum absolute atomic E-state index is 0.0567. The van der Waals surface area contributed by atoms with E-state index in [1.165, 1.54) is 39.8 Å². The van der Waals surface area contributed by atoms with E-state index in [1.807, 2.05) is 12.1 Å². The lowest BCUT2D eigenvalue weighted by molar-refractivity contribution is -0.141. The van der Waals surface area contributed by atoms with Gasteiger partial charge in [-0.2, -0.15) is 4.99 Å². The molecule has 9 heteroatoms. The van der Waals surface area contributed by atoms with E-state index in [1.54, 1.807) is 16.7 Å². The zero-order chi connectivity index (χ0) is 23.4. The molecule has 0 saturated carbocycles. The predicted octanol–water partition coefficient (Wildman–Crippen LogP) is 3.77. The Balaban J connectivity index is 2.17. The molecular weight excluding hydrogens is 432 g/mol. The molecule has 3 aromatic rings. The first-order valence-electron chi connectivity index (χ1n) is 9.92. The van der Waals surface area contributed by atoms with Gasteiger partial charge in [-0.1, -0.05) is 31.3 Å². The lowest BCUT2D eigenvalue weighted by Crippen LogP contribution is -2.22. The molecule has 1 heterocycles. The van der Waals surface area contributed by atoms with Crippen LogP contribution in [0.4, 0.5) is 0 Å². The van der Waals surface area contributed by atoms with E-state index in [4.69, 9.17) is 18.9 Å². The van der Waals surface area contributed by atoms with Crippen LogP contribution in [-0.4, -0.2) is 44.9 Å². The number of benzene rings is 2. The summed E-state index contributed by atoms with van der Waals surface area (Å²) in [6.07, 6.45) is 0. The number of rotatable bonds is 7. The molecule has 2 aromatic carbocycles. The van der Waals surface area contributed by atoms with Gasteiger partial charge >= 0.3 is 5.97 Å². The van der Waals surface area contributed by atoms with E-state index in [-0.39, 0.29) is 12.1 Å². The number of fused-ring (bicyclic) bond motifs is 1. The number of hydrogen-bond acceptors (Lipinski definition) is 7. The van der Waals surface area contributed by atoms with E-state index in [0.29, 0.717) is 28.0 Å². The highest BCUT2D eigenvalue weighted by Crippen LogP contribution is 2.38. The Morgan fingerprint density at radius 3 is 2.19 bits per heavy atom. The third-order valence-electron chi connectivity index (χ3n) is 5.00. The second kappa shape index (κ2) is 9.86. The fraction of sp³-hybridized carbons (Fsp3) is 0.348. The van der Waals surface area contributed by atoms with Gasteiger partial charge in [0.1, 0.15) is 6.54 Å². The van der Waals surface area contributed by atoms with Gasteiger partial charge in [-0.15, -0.1) is 0 Å². The fourth-order valence-corrected chi connectivity index (χ4v) is 4.31. The molecule has 32 heavy (non-hydrogen) atoms. The average molecular weight is 459 g/mol. The van der Waals surface area contributed by atoms with Crippen LogP contribution in [-0.2, 0) is 16.1 Å². The van der Waals surface area contributed by atoms with Gasteiger partial charge in [0.25, 0.3) is 5.91 Å². The third-order valence-corrected chi connectivity index (χ3v) is 6.04. The number of hydrogen-bond donors (Lipinski definition) is 0. The highest BCUT2D eigenvalue weighted by molar-refractivity contribution is 7.16. The lowest BCUT2D eigenvalue weighted by atomic mass is 10.0. The first-order chi connectivity index (χ1) is 15.3. The number of esters is 1. The molecule has 0 saturated heterocycles. The Labute approximate surface area is 190 Å². The van der Waals surface area contributed by atoms with Crippen LogP contribution in [0.5, 0.6) is 17.2 Å². The number of carbonyl (C=O) groups is 2. The van der Waals surface area contributed by atoms with Crippen LogP contribution >= 0.6 is 11.3 Å². The second-order valence-electron chi connectivity index (χ2n) is 7.26. The smallest absolute Gasteiger partial charge is 0.325 e. The molecule has 8 nitrogen and oxygen atoms in total. The predicted molar refractivity (Wildman–Crippen MR) is 122 cm³/mol. The minimum atomic E-state index is -0.501. The summed E-state index contributed by atoms with van der Waals surface area (Å²) in [7, 11) is 5.77. The highest BCUT2D eigenvalue weighted by Gasteiger charge is 2.18. The van der Waals surface area contributed by atoms with Gasteiger partial charge in [-0.05, 0) is 35.7 Å². The molecule has 0 aliphatic rings. The molecular formula is C23H26N2O6S. The van der Waals surface area contributed by atoms with Gasteiger partial charge < -0.3 is 23.5 Å². The van der Waals surface area contributed by atoms with Crippen LogP contribution in [0.1, 0.15) is 35.7 Å². The average Bonchev–Trinajstić information content (AvgIpc) is 3.13. The van der Waals surface area contributed by atoms with Crippen molar-refractivity contribution in [2.75, 3.05) is 28.4 Å². The van der Waals surface area contributed by atoms with Gasteiger partial charge in [-0.3, -0.25) is 9.59 Å². The molecule has 0 radical (unpaired) electrons. The molecule has 0 atom stereocenters. The van der Waals surface area contributed by atoms with E-state index >= 15 is 0 Å². The Morgan fingerprint density at radius 2 is 1.66 bits per heavy atom. The summed E-state index contributed by atoms with van der Waals surface area (Å²) in [5.41, 5.74) is 2.23. The molecule has 0 unspecified atom stereocenters. The number of nitrogens with zero attached hydrogens (tertiary/aromatic N) is 2. The van der Waals surface area contributed by atoms with E-state index < -0.39 is 11.9 Å². The zero-order valence-electron chi connectivity index (χ0n) is 18.9. The molecule has 1 aromatic heterocycles. The summed E-state index contributed by atoms with van der Waals surface area (Å²) in [4.78, 5) is 29.8. The summed E-state index contributed by atoms with van der Waals surface area (Å²) >= 11 is 1.34. The quantitative estimate of drug-likeness (QED) is 0.501. The van der Waals surface area contributed by atoms with Gasteiger partial charge in [0, 0.05) is 5.56 Å². The van der Waals surface area contributed by atoms with Crippen molar-refractivity contribution in [2.45, 2.75) is 26.3 Å². The molecule has 0 N–H and O–H groups in total. The van der Waals surface area contributed by atoms with Crippen LogP contribution in [0.25, 0.3) is 10.2 Å². The van der Waals surface area contributed by atoms with Crippen molar-refractivity contribution in [1.29, 1.82) is 0 Å². The normalized spacial score (nSPS) is 11.7. The summed E-state index contributed by atoms with van der Waals surface area (Å²) in [5, 5.41) is 0. The second-order valence-corrected chi connectivity index (χ2v) is 8.27. The first-order valence-corrected chi connectivity index (χ1v) is 10.7. The minimum Gasteiger partial charge on any atom is -0.493 e. The molecule has 3 rings (SSSR count). The Morgan fingerprint density at radius 1 is 1.00 bits per heavy atom. The summed E-state index contributed by atoms with van der Waals surface area (Å²) in [6.45, 7) is 4.16. The number of methoxy groups -OCH3 is 4. The number of aromatic nitrogens is 1. The van der Waals surface area contributed by atoms with E-state index in [9.17, 15) is 9.59 Å². The molecule has 0 aliphatic heterocycles. The maximum Gasteiger partial charge on any atom is 0.325 e. The Kier molecular flexibility index (Phi) is 7.19. The maximum atomic E-state index is 13.1. The van der Waals surface area contributed by atoms with Crippen LogP contribution < -0.4 is 19.0 Å². The first kappa shape index (κ1) is 23.3. The largest absolute Gasteiger partial charge is 0.493 e. The van der Waals surface area contributed by atoms with Crippen molar-refractivity contribution < 1.29 is 28.5 Å². The summed E-state index contributed by atoms with van der Waals surface area (Å²) < 4.78 is 23.4. The standard InChI is InChI=1S/C23H26N2O6S/c1-13(2)14-7-8-16-19(11-14)32-23(25(16)12-20(26)30-5)24-22(27)15-9-17(28-3)21(31-6)18(10-15)29-4/h7-11,13H,12H2,1-6H3. The molecule has 0 bridgehead atoms. The lowest BCUT2D eigenvalue weighted by Gasteiger charge is -2.12. The van der Waals surface area contributed by atoms with Gasteiger partial charge in [-0.25, -0.2) is 0 Å². The van der Waals surface area contributed by atoms with Crippen molar-refractivity contribution in [1.82, 2.24) is 4.57 Å². The summed E-state index contributed by atoms with van der Waals surface area (Å²) in [5.74, 6) is 0.501. The van der Waals surface area contributed by atoms with Gasteiger partial charge in [0.05, 0.1) is 38.7 Å². The number of ether oxygens (including phenoxy) is 4. The molecule has 0 spiro atoms.